The fourth-order valence-corrected chi connectivity index (χ4v) is 5.62. The van der Waals surface area contributed by atoms with Crippen molar-refractivity contribution < 1.29 is 17.2 Å². The number of nitrogens with zero attached hydrogens (tertiary/aromatic N) is 1. The van der Waals surface area contributed by atoms with Gasteiger partial charge in [-0.1, -0.05) is 30.3 Å². The quantitative estimate of drug-likeness (QED) is 0.825. The van der Waals surface area contributed by atoms with Crippen LogP contribution in [0.1, 0.15) is 17.2 Å². The maximum Gasteiger partial charge on any atom is 0.246 e. The molecule has 0 radical (unpaired) electrons. The third-order valence-corrected chi connectivity index (χ3v) is 7.23. The Bertz CT molecular complexity index is 813. The number of benzene rings is 2. The molecule has 0 aliphatic carbocycles. The number of halogens is 2. The van der Waals surface area contributed by atoms with Crippen LogP contribution in [0.4, 0.5) is 8.78 Å². The van der Waals surface area contributed by atoms with Gasteiger partial charge in [0.1, 0.15) is 16.5 Å². The maximum atomic E-state index is 13.9. The van der Waals surface area contributed by atoms with Gasteiger partial charge in [0.15, 0.2) is 0 Å². The van der Waals surface area contributed by atoms with E-state index in [-0.39, 0.29) is 18.3 Å². The number of hydrogen-bond donors (Lipinski definition) is 0. The summed E-state index contributed by atoms with van der Waals surface area (Å²) in [4.78, 5) is -0.592. The molecule has 24 heavy (non-hydrogen) atoms. The molecule has 2 aromatic rings. The van der Waals surface area contributed by atoms with Gasteiger partial charge in [0.25, 0.3) is 0 Å². The van der Waals surface area contributed by atoms with Crippen LogP contribution in [0.15, 0.2) is 53.4 Å². The van der Waals surface area contributed by atoms with E-state index in [1.54, 1.807) is 11.8 Å². The zero-order chi connectivity index (χ0) is 17.2. The number of hydrogen-bond acceptors (Lipinski definition) is 3. The fraction of sp³-hybridized carbons (Fsp3) is 0.294. The standard InChI is InChI=1S/C17H17F2NO2S2/c18-14-6-7-15(19)17(12-14)24(21,22)20-9-8-16(23-11-10-20)13-4-2-1-3-5-13/h1-7,12,16H,8-11H2. The van der Waals surface area contributed by atoms with E-state index in [0.29, 0.717) is 12.2 Å². The van der Waals surface area contributed by atoms with Crippen LogP contribution in [0, 0.1) is 11.6 Å². The molecule has 0 saturated carbocycles. The van der Waals surface area contributed by atoms with Crippen molar-refractivity contribution in [3.8, 4) is 0 Å². The van der Waals surface area contributed by atoms with E-state index in [1.165, 1.54) is 4.31 Å². The predicted octanol–water partition coefficient (Wildman–Crippen LogP) is 3.83. The van der Waals surface area contributed by atoms with Crippen molar-refractivity contribution in [3.63, 3.8) is 0 Å². The zero-order valence-electron chi connectivity index (χ0n) is 12.9. The lowest BCUT2D eigenvalue weighted by molar-refractivity contribution is 0.423. The van der Waals surface area contributed by atoms with Crippen LogP contribution in [0.25, 0.3) is 0 Å². The first-order valence-corrected chi connectivity index (χ1v) is 10.1. The highest BCUT2D eigenvalue weighted by atomic mass is 32.2. The van der Waals surface area contributed by atoms with Crippen LogP contribution < -0.4 is 0 Å². The number of thioether (sulfide) groups is 1. The van der Waals surface area contributed by atoms with Crippen molar-refractivity contribution in [2.75, 3.05) is 18.8 Å². The highest BCUT2D eigenvalue weighted by Crippen LogP contribution is 2.35. The maximum absolute atomic E-state index is 13.9. The molecular weight excluding hydrogens is 352 g/mol. The van der Waals surface area contributed by atoms with Gasteiger partial charge in [-0.25, -0.2) is 17.2 Å². The molecule has 0 bridgehead atoms. The number of rotatable bonds is 3. The van der Waals surface area contributed by atoms with Crippen LogP contribution >= 0.6 is 11.8 Å². The minimum absolute atomic E-state index is 0.198. The van der Waals surface area contributed by atoms with Gasteiger partial charge < -0.3 is 0 Å². The highest BCUT2D eigenvalue weighted by molar-refractivity contribution is 7.99. The molecular formula is C17H17F2NO2S2. The molecule has 0 amide bonds. The lowest BCUT2D eigenvalue weighted by atomic mass is 10.1. The van der Waals surface area contributed by atoms with Crippen molar-refractivity contribution in [3.05, 3.63) is 65.7 Å². The van der Waals surface area contributed by atoms with Crippen molar-refractivity contribution in [2.45, 2.75) is 16.6 Å². The molecule has 0 N–H and O–H groups in total. The lowest BCUT2D eigenvalue weighted by Crippen LogP contribution is -2.33. The predicted molar refractivity (Wildman–Crippen MR) is 91.4 cm³/mol. The lowest BCUT2D eigenvalue weighted by Gasteiger charge is -2.20. The van der Waals surface area contributed by atoms with Gasteiger partial charge in [-0.05, 0) is 30.2 Å². The summed E-state index contributed by atoms with van der Waals surface area (Å²) in [5, 5.41) is 0.198. The second kappa shape index (κ2) is 7.21. The Morgan fingerprint density at radius 1 is 1.04 bits per heavy atom. The summed E-state index contributed by atoms with van der Waals surface area (Å²) >= 11 is 1.69. The Morgan fingerprint density at radius 3 is 2.54 bits per heavy atom. The average molecular weight is 369 g/mol. The third-order valence-electron chi connectivity index (χ3n) is 3.98. The molecule has 1 heterocycles. The van der Waals surface area contributed by atoms with Gasteiger partial charge >= 0.3 is 0 Å². The molecule has 3 nitrogen and oxygen atoms in total. The first kappa shape index (κ1) is 17.4. The van der Waals surface area contributed by atoms with E-state index in [2.05, 4.69) is 0 Å². The van der Waals surface area contributed by atoms with Gasteiger partial charge in [0.05, 0.1) is 0 Å². The van der Waals surface area contributed by atoms with Crippen LogP contribution in [-0.4, -0.2) is 31.6 Å². The molecule has 3 rings (SSSR count). The van der Waals surface area contributed by atoms with Crippen molar-refractivity contribution >= 4 is 21.8 Å². The Labute approximate surface area is 144 Å². The summed E-state index contributed by atoms with van der Waals surface area (Å²) in [6.07, 6.45) is 0.630. The molecule has 7 heteroatoms. The van der Waals surface area contributed by atoms with Crippen molar-refractivity contribution in [2.24, 2.45) is 0 Å². The van der Waals surface area contributed by atoms with Gasteiger partial charge in [-0.3, -0.25) is 0 Å². The molecule has 1 saturated heterocycles. The van der Waals surface area contributed by atoms with E-state index in [0.717, 1.165) is 23.8 Å². The van der Waals surface area contributed by atoms with E-state index < -0.39 is 26.6 Å². The molecule has 0 spiro atoms. The Morgan fingerprint density at radius 2 is 1.79 bits per heavy atom. The topological polar surface area (TPSA) is 37.4 Å². The molecule has 128 valence electrons. The Kier molecular flexibility index (Phi) is 5.22. The summed E-state index contributed by atoms with van der Waals surface area (Å²) in [5.41, 5.74) is 1.15. The highest BCUT2D eigenvalue weighted by Gasteiger charge is 2.30. The summed E-state index contributed by atoms with van der Waals surface area (Å²) < 4.78 is 53.8. The second-order valence-corrected chi connectivity index (χ2v) is 8.75. The molecule has 1 atom stereocenters. The number of sulfonamides is 1. The van der Waals surface area contributed by atoms with E-state index in [4.69, 9.17) is 0 Å². The summed E-state index contributed by atoms with van der Waals surface area (Å²) in [7, 11) is -4.04. The van der Waals surface area contributed by atoms with Crippen molar-refractivity contribution in [1.82, 2.24) is 4.31 Å². The van der Waals surface area contributed by atoms with E-state index >= 15 is 0 Å². The Hall–Kier alpha value is -1.44. The molecule has 1 fully saturated rings. The zero-order valence-corrected chi connectivity index (χ0v) is 14.5. The summed E-state index contributed by atoms with van der Waals surface area (Å²) in [6, 6.07) is 12.4. The summed E-state index contributed by atoms with van der Waals surface area (Å²) in [6.45, 7) is 0.567. The normalized spacial score (nSPS) is 19.8. The van der Waals surface area contributed by atoms with E-state index in [9.17, 15) is 17.2 Å². The molecule has 1 unspecified atom stereocenters. The second-order valence-electron chi connectivity index (χ2n) is 5.54. The van der Waals surface area contributed by atoms with Crippen LogP contribution in [0.5, 0.6) is 0 Å². The van der Waals surface area contributed by atoms with E-state index in [1.807, 2.05) is 30.3 Å². The van der Waals surface area contributed by atoms with Gasteiger partial charge in [0.2, 0.25) is 10.0 Å². The molecule has 2 aromatic carbocycles. The average Bonchev–Trinajstić information content (AvgIpc) is 2.84. The monoisotopic (exact) mass is 369 g/mol. The SMILES string of the molecule is O=S(=O)(c1cc(F)ccc1F)N1CCSC(c2ccccc2)CC1. The first-order valence-electron chi connectivity index (χ1n) is 7.60. The minimum Gasteiger partial charge on any atom is -0.207 e. The first-order chi connectivity index (χ1) is 11.5. The largest absolute Gasteiger partial charge is 0.246 e. The van der Waals surface area contributed by atoms with Crippen molar-refractivity contribution in [1.29, 1.82) is 0 Å². The molecule has 1 aliphatic rings. The van der Waals surface area contributed by atoms with Gasteiger partial charge in [0, 0.05) is 24.1 Å². The Balaban J connectivity index is 1.81. The van der Waals surface area contributed by atoms with Gasteiger partial charge in [-0.2, -0.15) is 16.1 Å². The van der Waals surface area contributed by atoms with Crippen LogP contribution in [0.2, 0.25) is 0 Å². The fourth-order valence-electron chi connectivity index (χ4n) is 2.74. The third kappa shape index (κ3) is 3.63. The smallest absolute Gasteiger partial charge is 0.207 e. The van der Waals surface area contributed by atoms with Crippen LogP contribution in [-0.2, 0) is 10.0 Å². The van der Waals surface area contributed by atoms with Gasteiger partial charge in [-0.15, -0.1) is 0 Å². The summed E-state index contributed by atoms with van der Waals surface area (Å²) in [5.74, 6) is -1.08. The van der Waals surface area contributed by atoms with Crippen LogP contribution in [0.3, 0.4) is 0 Å². The molecule has 0 aromatic heterocycles. The minimum atomic E-state index is -4.04. The molecule has 1 aliphatic heterocycles.